The van der Waals surface area contributed by atoms with Crippen molar-refractivity contribution in [3.05, 3.63) is 47.8 Å². The number of nitrogens with one attached hydrogen (secondary N) is 1. The molecule has 0 aromatic carbocycles. The highest BCUT2D eigenvalue weighted by atomic mass is 16.3. The lowest BCUT2D eigenvalue weighted by atomic mass is 9.81. The average molecular weight is 431 g/mol. The highest BCUT2D eigenvalue weighted by Gasteiger charge is 2.48. The van der Waals surface area contributed by atoms with Gasteiger partial charge in [-0.05, 0) is 25.8 Å². The van der Waals surface area contributed by atoms with E-state index in [0.29, 0.717) is 28.4 Å². The third-order valence-corrected chi connectivity index (χ3v) is 5.71. The molecule has 0 radical (unpaired) electrons. The van der Waals surface area contributed by atoms with Crippen LogP contribution in [0.15, 0.2) is 30.9 Å². The number of carbonyl (C=O) groups is 1. The number of aryl methyl sites for hydroxylation is 1. The number of aromatic hydroxyl groups is 1. The normalized spacial score (nSPS) is 17.5. The number of nitrogens with zero attached hydrogens (tertiary/aromatic N) is 7. The second-order valence-corrected chi connectivity index (χ2v) is 7.84. The third kappa shape index (κ3) is 2.93. The molecule has 1 amide bonds. The number of aromatic nitrogens is 7. The Balaban J connectivity index is 1.64. The summed E-state index contributed by atoms with van der Waals surface area (Å²) in [6, 6.07) is 2.87. The first-order valence-electron chi connectivity index (χ1n) is 10.3. The summed E-state index contributed by atoms with van der Waals surface area (Å²) in [6.45, 7) is 3.79. The Morgan fingerprint density at radius 2 is 2.09 bits per heavy atom. The summed E-state index contributed by atoms with van der Waals surface area (Å²) in [5.41, 5.74) is 7.81. The molecule has 0 saturated carbocycles. The topological polar surface area (TPSA) is 157 Å². The van der Waals surface area contributed by atoms with Crippen LogP contribution in [0, 0.1) is 0 Å². The lowest BCUT2D eigenvalue weighted by molar-refractivity contribution is -0.119. The number of anilines is 2. The number of carbonyl (C=O) groups excluding carboxylic acids is 1. The molecular formula is C21H21N9O2. The van der Waals surface area contributed by atoms with Crippen LogP contribution in [0.4, 0.5) is 11.6 Å². The van der Waals surface area contributed by atoms with E-state index in [1.165, 1.54) is 24.7 Å². The van der Waals surface area contributed by atoms with Gasteiger partial charge in [0.25, 0.3) is 0 Å². The maximum atomic E-state index is 13.0. The lowest BCUT2D eigenvalue weighted by Crippen LogP contribution is -2.33. The van der Waals surface area contributed by atoms with Gasteiger partial charge in [0.05, 0.1) is 23.1 Å². The van der Waals surface area contributed by atoms with E-state index in [-0.39, 0.29) is 23.3 Å². The lowest BCUT2D eigenvalue weighted by Gasteiger charge is -2.22. The minimum Gasteiger partial charge on any atom is -0.508 e. The van der Waals surface area contributed by atoms with E-state index in [1.807, 2.05) is 0 Å². The van der Waals surface area contributed by atoms with Gasteiger partial charge in [0.2, 0.25) is 5.91 Å². The Labute approximate surface area is 182 Å². The molecule has 0 bridgehead atoms. The van der Waals surface area contributed by atoms with Crippen LogP contribution in [-0.4, -0.2) is 45.5 Å². The second kappa shape index (κ2) is 7.22. The maximum Gasteiger partial charge on any atom is 0.242 e. The van der Waals surface area contributed by atoms with Crippen LogP contribution in [0.25, 0.3) is 17.2 Å². The van der Waals surface area contributed by atoms with Gasteiger partial charge in [-0.25, -0.2) is 24.5 Å². The number of nitrogens with two attached hydrogens (primary N) is 1. The quantitative estimate of drug-likeness (QED) is 0.429. The van der Waals surface area contributed by atoms with Gasteiger partial charge < -0.3 is 16.2 Å². The van der Waals surface area contributed by atoms with Gasteiger partial charge in [0.1, 0.15) is 34.8 Å². The van der Waals surface area contributed by atoms with Crippen LogP contribution >= 0.6 is 0 Å². The molecule has 5 heterocycles. The predicted octanol–water partition coefficient (Wildman–Crippen LogP) is 1.86. The molecule has 11 heteroatoms. The smallest absolute Gasteiger partial charge is 0.242 e. The number of pyridine rings is 1. The second-order valence-electron chi connectivity index (χ2n) is 7.84. The molecule has 1 aliphatic heterocycles. The van der Waals surface area contributed by atoms with Crippen molar-refractivity contribution in [2.75, 3.05) is 11.1 Å². The predicted molar refractivity (Wildman–Crippen MR) is 116 cm³/mol. The Morgan fingerprint density at radius 3 is 2.88 bits per heavy atom. The fourth-order valence-corrected chi connectivity index (χ4v) is 3.97. The fraction of sp³-hybridized carbons (Fsp3) is 0.286. The molecule has 1 aliphatic rings. The van der Waals surface area contributed by atoms with Crippen LogP contribution in [0.3, 0.4) is 0 Å². The van der Waals surface area contributed by atoms with E-state index in [9.17, 15) is 9.90 Å². The van der Waals surface area contributed by atoms with Crippen LogP contribution < -0.4 is 11.1 Å². The van der Waals surface area contributed by atoms with Gasteiger partial charge in [0.15, 0.2) is 11.5 Å². The van der Waals surface area contributed by atoms with E-state index in [4.69, 9.17) is 10.7 Å². The van der Waals surface area contributed by atoms with Gasteiger partial charge >= 0.3 is 0 Å². The maximum absolute atomic E-state index is 13.0. The van der Waals surface area contributed by atoms with Crippen LogP contribution in [-0.2, 0) is 16.6 Å². The van der Waals surface area contributed by atoms with Gasteiger partial charge in [-0.15, -0.1) is 0 Å². The van der Waals surface area contributed by atoms with E-state index in [0.717, 1.165) is 25.0 Å². The number of amides is 1. The zero-order chi connectivity index (χ0) is 22.5. The van der Waals surface area contributed by atoms with Crippen LogP contribution in [0.2, 0.25) is 0 Å². The van der Waals surface area contributed by atoms with Crippen molar-refractivity contribution in [1.29, 1.82) is 0 Å². The summed E-state index contributed by atoms with van der Waals surface area (Å²) < 4.78 is 1.64. The summed E-state index contributed by atoms with van der Waals surface area (Å²) in [4.78, 5) is 35.3. The fourth-order valence-electron chi connectivity index (χ4n) is 3.97. The minimum atomic E-state index is -1.24. The van der Waals surface area contributed by atoms with Crippen molar-refractivity contribution in [3.8, 4) is 17.3 Å². The zero-order valence-corrected chi connectivity index (χ0v) is 17.6. The van der Waals surface area contributed by atoms with Gasteiger partial charge in [-0.2, -0.15) is 5.10 Å². The summed E-state index contributed by atoms with van der Waals surface area (Å²) in [5, 5.41) is 16.9. The van der Waals surface area contributed by atoms with Crippen molar-refractivity contribution in [2.45, 2.75) is 38.5 Å². The highest BCUT2D eigenvalue weighted by molar-refractivity contribution is 6.08. The first-order valence-corrected chi connectivity index (χ1v) is 10.3. The number of nitrogen functional groups attached to an aromatic ring is 1. The summed E-state index contributed by atoms with van der Waals surface area (Å²) in [7, 11) is 0. The summed E-state index contributed by atoms with van der Waals surface area (Å²) in [6.07, 6.45) is 7.31. The van der Waals surface area contributed by atoms with Crippen LogP contribution in [0.5, 0.6) is 5.75 Å². The zero-order valence-electron chi connectivity index (χ0n) is 17.6. The Bertz CT molecular complexity index is 1370. The van der Waals surface area contributed by atoms with Crippen molar-refractivity contribution < 1.29 is 9.90 Å². The van der Waals surface area contributed by atoms with E-state index in [1.54, 1.807) is 17.6 Å². The molecule has 162 valence electrons. The molecule has 11 nitrogen and oxygen atoms in total. The first-order chi connectivity index (χ1) is 15.4. The average Bonchev–Trinajstić information content (AvgIpc) is 3.35. The molecule has 0 spiro atoms. The van der Waals surface area contributed by atoms with Crippen molar-refractivity contribution in [2.24, 2.45) is 0 Å². The molecule has 0 saturated heterocycles. The summed E-state index contributed by atoms with van der Waals surface area (Å²) >= 11 is 0. The third-order valence-electron chi connectivity index (χ3n) is 5.71. The molecule has 0 fully saturated rings. The standard InChI is InChI=1S/C21H21N9O2/c1-3-4-5-12-19-24-10-25-30(19)9-13(26-12)17-27-16(22)15-18(28-17)29-20(32)21(15,2)14-8-11(31)6-7-23-14/h6-10H,3-5H2,1-2H3,(H,23,31)(H3,22,27,28,29,32)/t21-/m0/s1. The monoisotopic (exact) mass is 431 g/mol. The van der Waals surface area contributed by atoms with Gasteiger partial charge in [0, 0.05) is 12.3 Å². The minimum absolute atomic E-state index is 0.00136. The SMILES string of the molecule is CCCCc1nc(-c2nc(N)c3c(n2)NC(=O)[C@@]3(C)c2cc(O)ccn2)cn2ncnc12. The Kier molecular flexibility index (Phi) is 4.47. The highest BCUT2D eigenvalue weighted by Crippen LogP contribution is 2.44. The molecule has 4 N–H and O–H groups in total. The molecule has 0 aliphatic carbocycles. The van der Waals surface area contributed by atoms with E-state index in [2.05, 4.69) is 37.3 Å². The number of unbranched alkanes of at least 4 members (excludes halogenated alkanes) is 1. The van der Waals surface area contributed by atoms with E-state index < -0.39 is 5.41 Å². The molecule has 4 aromatic rings. The first kappa shape index (κ1) is 19.8. The largest absolute Gasteiger partial charge is 0.508 e. The molecule has 0 unspecified atom stereocenters. The number of fused-ring (bicyclic) bond motifs is 2. The molecule has 1 atom stereocenters. The molecule has 5 rings (SSSR count). The van der Waals surface area contributed by atoms with Crippen molar-refractivity contribution >= 4 is 23.2 Å². The molecule has 32 heavy (non-hydrogen) atoms. The molecular weight excluding hydrogens is 410 g/mol. The number of rotatable bonds is 5. The number of hydrogen-bond donors (Lipinski definition) is 3. The van der Waals surface area contributed by atoms with Crippen LogP contribution in [0.1, 0.15) is 43.6 Å². The number of hydrogen-bond acceptors (Lipinski definition) is 9. The van der Waals surface area contributed by atoms with Crippen molar-refractivity contribution in [3.63, 3.8) is 0 Å². The van der Waals surface area contributed by atoms with Crippen molar-refractivity contribution in [1.82, 2.24) is 34.5 Å². The Morgan fingerprint density at radius 1 is 1.25 bits per heavy atom. The van der Waals surface area contributed by atoms with E-state index >= 15 is 0 Å². The van der Waals surface area contributed by atoms with Gasteiger partial charge in [-0.3, -0.25) is 9.78 Å². The molecule has 4 aromatic heterocycles. The summed E-state index contributed by atoms with van der Waals surface area (Å²) in [5.74, 6) is 0.336. The Hall–Kier alpha value is -4.15. The van der Waals surface area contributed by atoms with Gasteiger partial charge in [-0.1, -0.05) is 13.3 Å².